The van der Waals surface area contributed by atoms with Gasteiger partial charge in [-0.05, 0) is 53.2 Å². The molecule has 2 rings (SSSR count). The Hall–Kier alpha value is -0.540. The van der Waals surface area contributed by atoms with Crippen molar-refractivity contribution in [2.75, 3.05) is 24.6 Å². The molecule has 2 nitrogen and oxygen atoms in total. The maximum absolute atomic E-state index is 9.00. The van der Waals surface area contributed by atoms with Crippen molar-refractivity contribution in [1.82, 2.24) is 0 Å². The lowest BCUT2D eigenvalue weighted by Gasteiger charge is -2.34. The maximum Gasteiger partial charge on any atom is 0.0510 e. The van der Waals surface area contributed by atoms with Gasteiger partial charge in [0.25, 0.3) is 0 Å². The van der Waals surface area contributed by atoms with Crippen molar-refractivity contribution >= 4 is 21.6 Å². The molecule has 0 saturated carbocycles. The van der Waals surface area contributed by atoms with E-state index in [9.17, 15) is 0 Å². The summed E-state index contributed by atoms with van der Waals surface area (Å²) in [6.45, 7) is 2.52. The number of rotatable bonds is 3. The molecule has 1 aliphatic rings. The van der Waals surface area contributed by atoms with E-state index in [4.69, 9.17) is 5.11 Å². The van der Waals surface area contributed by atoms with Gasteiger partial charge in [0, 0.05) is 24.2 Å². The number of halogens is 1. The van der Waals surface area contributed by atoms with E-state index in [0.29, 0.717) is 12.5 Å². The lowest BCUT2D eigenvalue weighted by Crippen LogP contribution is -2.35. The zero-order valence-corrected chi connectivity index (χ0v) is 11.0. The number of piperidine rings is 1. The topological polar surface area (TPSA) is 23.5 Å². The Morgan fingerprint density at radius 2 is 2.19 bits per heavy atom. The smallest absolute Gasteiger partial charge is 0.0510 e. The zero-order valence-electron chi connectivity index (χ0n) is 9.40. The first-order valence-corrected chi connectivity index (χ1v) is 6.71. The molecule has 1 unspecified atom stereocenters. The fraction of sp³-hybridized carbons (Fsp3) is 0.538. The molecule has 1 fully saturated rings. The van der Waals surface area contributed by atoms with E-state index in [0.717, 1.165) is 19.5 Å². The minimum atomic E-state index is 0.314. The molecule has 0 radical (unpaired) electrons. The Balaban J connectivity index is 2.07. The van der Waals surface area contributed by atoms with Gasteiger partial charge in [0.1, 0.15) is 0 Å². The second-order valence-electron chi connectivity index (χ2n) is 4.42. The van der Waals surface area contributed by atoms with Crippen molar-refractivity contribution in [2.45, 2.75) is 19.3 Å². The monoisotopic (exact) mass is 283 g/mol. The first-order valence-electron chi connectivity index (χ1n) is 5.91. The summed E-state index contributed by atoms with van der Waals surface area (Å²) in [5.41, 5.74) is 1.28. The lowest BCUT2D eigenvalue weighted by atomic mass is 9.95. The average Bonchev–Trinajstić information content (AvgIpc) is 2.30. The molecule has 1 heterocycles. The van der Waals surface area contributed by atoms with Gasteiger partial charge in [-0.25, -0.2) is 0 Å². The Morgan fingerprint density at radius 1 is 1.38 bits per heavy atom. The molecule has 1 aromatic carbocycles. The average molecular weight is 284 g/mol. The molecule has 1 aromatic rings. The van der Waals surface area contributed by atoms with E-state index in [2.05, 4.69) is 39.0 Å². The van der Waals surface area contributed by atoms with Crippen LogP contribution in [0.3, 0.4) is 0 Å². The molecule has 1 aliphatic heterocycles. The van der Waals surface area contributed by atoms with E-state index >= 15 is 0 Å². The molecule has 88 valence electrons. The van der Waals surface area contributed by atoms with Crippen LogP contribution in [0, 0.1) is 5.92 Å². The van der Waals surface area contributed by atoms with Crippen molar-refractivity contribution in [3.8, 4) is 0 Å². The van der Waals surface area contributed by atoms with Gasteiger partial charge in [0.15, 0.2) is 0 Å². The second kappa shape index (κ2) is 5.69. The van der Waals surface area contributed by atoms with Crippen LogP contribution in [0.2, 0.25) is 0 Å². The van der Waals surface area contributed by atoms with E-state index < -0.39 is 0 Å². The molecule has 16 heavy (non-hydrogen) atoms. The van der Waals surface area contributed by atoms with Crippen LogP contribution in [0.1, 0.15) is 19.3 Å². The van der Waals surface area contributed by atoms with Crippen LogP contribution in [-0.2, 0) is 0 Å². The van der Waals surface area contributed by atoms with Crippen molar-refractivity contribution in [3.05, 3.63) is 28.7 Å². The number of benzene rings is 1. The van der Waals surface area contributed by atoms with Gasteiger partial charge >= 0.3 is 0 Å². The van der Waals surface area contributed by atoms with E-state index in [1.165, 1.54) is 23.0 Å². The predicted molar refractivity (Wildman–Crippen MR) is 70.8 cm³/mol. The summed E-state index contributed by atoms with van der Waals surface area (Å²) >= 11 is 3.60. The molecular formula is C13H18BrNO. The quantitative estimate of drug-likeness (QED) is 0.922. The number of hydrogen-bond donors (Lipinski definition) is 1. The summed E-state index contributed by atoms with van der Waals surface area (Å²) in [5, 5.41) is 9.00. The number of para-hydroxylation sites is 1. The largest absolute Gasteiger partial charge is 0.396 e. The minimum absolute atomic E-state index is 0.314. The number of aliphatic hydroxyl groups excluding tert-OH is 1. The van der Waals surface area contributed by atoms with Crippen molar-refractivity contribution < 1.29 is 5.11 Å². The fourth-order valence-corrected chi connectivity index (χ4v) is 2.95. The SMILES string of the molecule is OCCC1CCCN(c2ccccc2Br)C1. The number of aliphatic hydroxyl groups is 1. The predicted octanol–water partition coefficient (Wildman–Crippen LogP) is 3.05. The molecule has 1 saturated heterocycles. The second-order valence-corrected chi connectivity index (χ2v) is 5.27. The third-order valence-corrected chi connectivity index (χ3v) is 3.92. The van der Waals surface area contributed by atoms with Gasteiger partial charge < -0.3 is 10.0 Å². The van der Waals surface area contributed by atoms with Crippen LogP contribution in [-0.4, -0.2) is 24.8 Å². The van der Waals surface area contributed by atoms with Gasteiger partial charge in [-0.2, -0.15) is 0 Å². The Labute approximate surface area is 105 Å². The van der Waals surface area contributed by atoms with Gasteiger partial charge in [-0.1, -0.05) is 12.1 Å². The molecule has 1 N–H and O–H groups in total. The van der Waals surface area contributed by atoms with E-state index in [1.54, 1.807) is 0 Å². The Bertz CT molecular complexity index is 340. The van der Waals surface area contributed by atoms with Gasteiger partial charge in [-0.15, -0.1) is 0 Å². The third-order valence-electron chi connectivity index (χ3n) is 3.25. The highest BCUT2D eigenvalue weighted by Gasteiger charge is 2.20. The molecule has 0 aliphatic carbocycles. The first kappa shape index (κ1) is 11.9. The van der Waals surface area contributed by atoms with Gasteiger partial charge in [-0.3, -0.25) is 0 Å². The van der Waals surface area contributed by atoms with Crippen LogP contribution in [0.4, 0.5) is 5.69 Å². The third kappa shape index (κ3) is 2.77. The lowest BCUT2D eigenvalue weighted by molar-refractivity contribution is 0.244. The summed E-state index contributed by atoms with van der Waals surface area (Å²) in [6, 6.07) is 8.37. The van der Waals surface area contributed by atoms with Crippen LogP contribution in [0.25, 0.3) is 0 Å². The van der Waals surface area contributed by atoms with E-state index in [-0.39, 0.29) is 0 Å². The van der Waals surface area contributed by atoms with Gasteiger partial charge in [0.05, 0.1) is 5.69 Å². The highest BCUT2D eigenvalue weighted by molar-refractivity contribution is 9.10. The summed E-state index contributed by atoms with van der Waals surface area (Å²) in [6.07, 6.45) is 3.41. The van der Waals surface area contributed by atoms with Crippen LogP contribution in [0.15, 0.2) is 28.7 Å². The molecule has 0 spiro atoms. The summed E-state index contributed by atoms with van der Waals surface area (Å²) in [5.74, 6) is 0.644. The number of hydrogen-bond acceptors (Lipinski definition) is 2. The highest BCUT2D eigenvalue weighted by Crippen LogP contribution is 2.30. The molecule has 0 bridgehead atoms. The van der Waals surface area contributed by atoms with Gasteiger partial charge in [0.2, 0.25) is 0 Å². The number of nitrogens with zero attached hydrogens (tertiary/aromatic N) is 1. The summed E-state index contributed by atoms with van der Waals surface area (Å²) in [7, 11) is 0. The maximum atomic E-state index is 9.00. The Kier molecular flexibility index (Phi) is 4.24. The molecule has 1 atom stereocenters. The van der Waals surface area contributed by atoms with Crippen LogP contribution in [0.5, 0.6) is 0 Å². The summed E-state index contributed by atoms with van der Waals surface area (Å²) in [4.78, 5) is 2.42. The van der Waals surface area contributed by atoms with E-state index in [1.807, 2.05) is 6.07 Å². The Morgan fingerprint density at radius 3 is 2.94 bits per heavy atom. The normalized spacial score (nSPS) is 21.1. The molecular weight excluding hydrogens is 266 g/mol. The van der Waals surface area contributed by atoms with Crippen molar-refractivity contribution in [3.63, 3.8) is 0 Å². The first-order chi connectivity index (χ1) is 7.81. The van der Waals surface area contributed by atoms with Crippen molar-refractivity contribution in [1.29, 1.82) is 0 Å². The van der Waals surface area contributed by atoms with Crippen molar-refractivity contribution in [2.24, 2.45) is 5.92 Å². The fourth-order valence-electron chi connectivity index (χ4n) is 2.41. The zero-order chi connectivity index (χ0) is 11.4. The molecule has 0 amide bonds. The molecule has 0 aromatic heterocycles. The highest BCUT2D eigenvalue weighted by atomic mass is 79.9. The minimum Gasteiger partial charge on any atom is -0.396 e. The van der Waals surface area contributed by atoms with Crippen LogP contribution < -0.4 is 4.90 Å². The summed E-state index contributed by atoms with van der Waals surface area (Å²) < 4.78 is 1.17. The standard InChI is InChI=1S/C13H18BrNO/c14-12-5-1-2-6-13(12)15-8-3-4-11(10-15)7-9-16/h1-2,5-6,11,16H,3-4,7-10H2. The van der Waals surface area contributed by atoms with Crippen LogP contribution >= 0.6 is 15.9 Å². The molecule has 3 heteroatoms. The number of anilines is 1.